The molecule has 1 saturated carbocycles. The fourth-order valence-corrected chi connectivity index (χ4v) is 3.73. The van der Waals surface area contributed by atoms with E-state index in [2.05, 4.69) is 5.32 Å². The summed E-state index contributed by atoms with van der Waals surface area (Å²) in [5.74, 6) is 0.386. The number of hydrogen-bond acceptors (Lipinski definition) is 3. The predicted molar refractivity (Wildman–Crippen MR) is 97.3 cm³/mol. The number of nitrogens with two attached hydrogens (primary N) is 1. The Morgan fingerprint density at radius 1 is 1.43 bits per heavy atom. The maximum atomic E-state index is 13.3. The highest BCUT2D eigenvalue weighted by Gasteiger charge is 2.37. The Labute approximate surface area is 148 Å². The van der Waals surface area contributed by atoms with Crippen LogP contribution in [0.5, 0.6) is 0 Å². The van der Waals surface area contributed by atoms with Crippen LogP contribution in [0.25, 0.3) is 0 Å². The summed E-state index contributed by atoms with van der Waals surface area (Å²) >= 11 is 1.64. The number of thioether (sulfide) groups is 1. The van der Waals surface area contributed by atoms with Crippen molar-refractivity contribution >= 4 is 30.1 Å². The van der Waals surface area contributed by atoms with Crippen molar-refractivity contribution in [3.05, 3.63) is 35.1 Å². The van der Waals surface area contributed by atoms with E-state index in [1.54, 1.807) is 23.9 Å². The Kier molecular flexibility index (Phi) is 7.84. The van der Waals surface area contributed by atoms with Crippen LogP contribution in [0, 0.1) is 11.7 Å². The number of amides is 1. The summed E-state index contributed by atoms with van der Waals surface area (Å²) in [7, 11) is 0. The van der Waals surface area contributed by atoms with E-state index in [1.807, 2.05) is 13.2 Å². The molecule has 2 unspecified atom stereocenters. The van der Waals surface area contributed by atoms with E-state index >= 15 is 0 Å². The molecule has 23 heavy (non-hydrogen) atoms. The molecule has 0 saturated heterocycles. The van der Waals surface area contributed by atoms with Crippen molar-refractivity contribution in [1.82, 2.24) is 5.32 Å². The smallest absolute Gasteiger partial charge is 0.225 e. The van der Waals surface area contributed by atoms with Gasteiger partial charge in [-0.15, -0.1) is 12.4 Å². The van der Waals surface area contributed by atoms with Gasteiger partial charge in [0.2, 0.25) is 5.91 Å². The Morgan fingerprint density at radius 2 is 2.17 bits per heavy atom. The van der Waals surface area contributed by atoms with Crippen molar-refractivity contribution < 1.29 is 9.18 Å². The van der Waals surface area contributed by atoms with Gasteiger partial charge in [0.05, 0.1) is 5.92 Å². The first-order chi connectivity index (χ1) is 10.4. The third-order valence-corrected chi connectivity index (χ3v) is 5.09. The second-order valence-electron chi connectivity index (χ2n) is 6.37. The normalized spacial score (nSPS) is 23.9. The molecule has 0 heterocycles. The van der Waals surface area contributed by atoms with Crippen LogP contribution in [-0.4, -0.2) is 17.7 Å². The molecular formula is C17H26ClFN2OS. The van der Waals surface area contributed by atoms with Crippen LogP contribution in [0.15, 0.2) is 18.2 Å². The van der Waals surface area contributed by atoms with Crippen molar-refractivity contribution in [2.75, 3.05) is 6.26 Å². The van der Waals surface area contributed by atoms with Gasteiger partial charge in [-0.05, 0) is 49.3 Å². The van der Waals surface area contributed by atoms with E-state index in [4.69, 9.17) is 5.73 Å². The molecule has 1 aromatic rings. The fraction of sp³-hybridized carbons (Fsp3) is 0.588. The maximum Gasteiger partial charge on any atom is 0.225 e. The zero-order valence-corrected chi connectivity index (χ0v) is 15.4. The molecule has 1 aliphatic rings. The summed E-state index contributed by atoms with van der Waals surface area (Å²) in [5, 5.41) is 2.99. The van der Waals surface area contributed by atoms with Crippen LogP contribution >= 0.6 is 24.2 Å². The zero-order chi connectivity index (χ0) is 16.2. The first-order valence-electron chi connectivity index (χ1n) is 7.77. The van der Waals surface area contributed by atoms with Gasteiger partial charge < -0.3 is 11.1 Å². The quantitative estimate of drug-likeness (QED) is 0.842. The van der Waals surface area contributed by atoms with E-state index in [0.717, 1.165) is 42.6 Å². The lowest BCUT2D eigenvalue weighted by atomic mass is 9.74. The van der Waals surface area contributed by atoms with Gasteiger partial charge in [0.1, 0.15) is 5.82 Å². The van der Waals surface area contributed by atoms with Gasteiger partial charge in [-0.3, -0.25) is 4.79 Å². The minimum Gasteiger partial charge on any atom is -0.352 e. The van der Waals surface area contributed by atoms with E-state index in [0.29, 0.717) is 6.54 Å². The number of halogens is 2. The molecule has 2 atom stereocenters. The number of rotatable bonds is 5. The molecule has 1 amide bonds. The van der Waals surface area contributed by atoms with Crippen molar-refractivity contribution in [3.8, 4) is 0 Å². The highest BCUT2D eigenvalue weighted by Crippen LogP contribution is 2.31. The van der Waals surface area contributed by atoms with Crippen molar-refractivity contribution in [2.45, 2.75) is 50.4 Å². The molecule has 1 aliphatic carbocycles. The van der Waals surface area contributed by atoms with Gasteiger partial charge in [-0.2, -0.15) is 11.8 Å². The number of nitrogens with one attached hydrogen (secondary N) is 1. The summed E-state index contributed by atoms with van der Waals surface area (Å²) in [5.41, 5.74) is 7.76. The molecule has 1 aromatic carbocycles. The molecule has 1 fully saturated rings. The molecule has 2 rings (SSSR count). The Morgan fingerprint density at radius 3 is 2.83 bits per heavy atom. The van der Waals surface area contributed by atoms with Crippen LogP contribution < -0.4 is 11.1 Å². The summed E-state index contributed by atoms with van der Waals surface area (Å²) in [4.78, 5) is 12.5. The average molecular weight is 361 g/mol. The van der Waals surface area contributed by atoms with Crippen molar-refractivity contribution in [1.29, 1.82) is 0 Å². The first-order valence-corrected chi connectivity index (χ1v) is 9.16. The molecule has 0 spiro atoms. The second-order valence-corrected chi connectivity index (χ2v) is 7.23. The Bertz CT molecular complexity index is 539. The maximum absolute atomic E-state index is 13.3. The SMILES string of the molecule is CSCc1cc(F)ccc1CNC(=O)C1CCCCC1(C)N.Cl. The van der Waals surface area contributed by atoms with Gasteiger partial charge in [0, 0.05) is 17.8 Å². The molecule has 0 aromatic heterocycles. The molecule has 130 valence electrons. The average Bonchev–Trinajstić information content (AvgIpc) is 2.46. The lowest BCUT2D eigenvalue weighted by Crippen LogP contribution is -2.52. The monoisotopic (exact) mass is 360 g/mol. The highest BCUT2D eigenvalue weighted by molar-refractivity contribution is 7.97. The molecule has 0 radical (unpaired) electrons. The molecule has 0 aliphatic heterocycles. The number of carbonyl (C=O) groups excluding carboxylic acids is 1. The molecule has 6 heteroatoms. The van der Waals surface area contributed by atoms with Gasteiger partial charge in [-0.1, -0.05) is 18.9 Å². The van der Waals surface area contributed by atoms with Gasteiger partial charge >= 0.3 is 0 Å². The van der Waals surface area contributed by atoms with Crippen LogP contribution in [-0.2, 0) is 17.1 Å². The zero-order valence-electron chi connectivity index (χ0n) is 13.7. The first kappa shape index (κ1) is 20.3. The molecular weight excluding hydrogens is 335 g/mol. The lowest BCUT2D eigenvalue weighted by Gasteiger charge is -2.37. The van der Waals surface area contributed by atoms with Gasteiger partial charge in [0.25, 0.3) is 0 Å². The lowest BCUT2D eigenvalue weighted by molar-refractivity contribution is -0.128. The third-order valence-electron chi connectivity index (χ3n) is 4.49. The predicted octanol–water partition coefficient (Wildman–Crippen LogP) is 3.63. The summed E-state index contributed by atoms with van der Waals surface area (Å²) in [6.07, 6.45) is 5.86. The summed E-state index contributed by atoms with van der Waals surface area (Å²) in [6, 6.07) is 4.74. The minimum atomic E-state index is -0.423. The standard InChI is InChI=1S/C17H25FN2OS.ClH/c1-17(19)8-4-3-5-15(17)16(21)20-10-12-6-7-14(18)9-13(12)11-22-2;/h6-7,9,15H,3-5,8,10-11,19H2,1-2H3,(H,20,21);1H. The number of hydrogen-bond donors (Lipinski definition) is 2. The fourth-order valence-electron chi connectivity index (χ4n) is 3.15. The number of benzene rings is 1. The topological polar surface area (TPSA) is 55.1 Å². The number of carbonyl (C=O) groups is 1. The van der Waals surface area contributed by atoms with Crippen LogP contribution in [0.1, 0.15) is 43.7 Å². The van der Waals surface area contributed by atoms with E-state index in [9.17, 15) is 9.18 Å². The Hall–Kier alpha value is -0.780. The van der Waals surface area contributed by atoms with E-state index in [-0.39, 0.29) is 30.0 Å². The van der Waals surface area contributed by atoms with E-state index in [1.165, 1.54) is 6.07 Å². The molecule has 0 bridgehead atoms. The second kappa shape index (κ2) is 8.90. The van der Waals surface area contributed by atoms with Gasteiger partial charge in [-0.25, -0.2) is 4.39 Å². The summed E-state index contributed by atoms with van der Waals surface area (Å²) in [6.45, 7) is 2.40. The third kappa shape index (κ3) is 5.37. The van der Waals surface area contributed by atoms with Gasteiger partial charge in [0.15, 0.2) is 0 Å². The van der Waals surface area contributed by atoms with Crippen molar-refractivity contribution in [3.63, 3.8) is 0 Å². The molecule has 3 N–H and O–H groups in total. The summed E-state index contributed by atoms with van der Waals surface area (Å²) < 4.78 is 13.3. The largest absolute Gasteiger partial charge is 0.352 e. The van der Waals surface area contributed by atoms with E-state index < -0.39 is 5.54 Å². The van der Waals surface area contributed by atoms with Crippen LogP contribution in [0.3, 0.4) is 0 Å². The van der Waals surface area contributed by atoms with Crippen LogP contribution in [0.4, 0.5) is 4.39 Å². The minimum absolute atomic E-state index is 0. The Balaban J connectivity index is 0.00000264. The van der Waals surface area contributed by atoms with Crippen molar-refractivity contribution in [2.24, 2.45) is 11.7 Å². The highest BCUT2D eigenvalue weighted by atomic mass is 35.5. The van der Waals surface area contributed by atoms with Crippen LogP contribution in [0.2, 0.25) is 0 Å². The molecule has 3 nitrogen and oxygen atoms in total.